The quantitative estimate of drug-likeness (QED) is 0.609. The molecule has 16 heavy (non-hydrogen) atoms. The first-order valence-corrected chi connectivity index (χ1v) is 6.02. The summed E-state index contributed by atoms with van der Waals surface area (Å²) in [7, 11) is 0. The van der Waals surface area contributed by atoms with Gasteiger partial charge in [-0.05, 0) is 58.1 Å². The van der Waals surface area contributed by atoms with E-state index in [0.29, 0.717) is 5.92 Å². The fourth-order valence-electron chi connectivity index (χ4n) is 3.24. The van der Waals surface area contributed by atoms with Crippen molar-refractivity contribution in [2.45, 2.75) is 40.0 Å². The van der Waals surface area contributed by atoms with Gasteiger partial charge in [0.1, 0.15) is 0 Å². The highest BCUT2D eigenvalue weighted by atomic mass is 16.1. The molecule has 0 N–H and O–H groups in total. The summed E-state index contributed by atoms with van der Waals surface area (Å²) in [6.07, 6.45) is 7.14. The second-order valence-electron chi connectivity index (χ2n) is 5.43. The summed E-state index contributed by atoms with van der Waals surface area (Å²) in [5, 5.41) is 0. The van der Waals surface area contributed by atoms with E-state index in [1.54, 1.807) is 0 Å². The Bertz CT molecular complexity index is 387. The van der Waals surface area contributed by atoms with E-state index in [1.807, 2.05) is 12.2 Å². The maximum absolute atomic E-state index is 11.5. The molecule has 0 aromatic heterocycles. The standard InChI is InChI=1S/C15H20O/c1-10(2)13-5-6-15(9-13)11(3)7-14(16)8-12(15)4/h7-8,13H,1,5-6,9H2,2-4H3. The van der Waals surface area contributed by atoms with Gasteiger partial charge < -0.3 is 0 Å². The minimum atomic E-state index is 0.152. The summed E-state index contributed by atoms with van der Waals surface area (Å²) in [5.74, 6) is 0.777. The molecule has 1 spiro atoms. The topological polar surface area (TPSA) is 17.1 Å². The molecular formula is C15H20O. The molecule has 86 valence electrons. The Labute approximate surface area is 97.9 Å². The van der Waals surface area contributed by atoms with E-state index in [2.05, 4.69) is 27.4 Å². The molecule has 0 amide bonds. The van der Waals surface area contributed by atoms with Gasteiger partial charge in [0.05, 0.1) is 0 Å². The Morgan fingerprint density at radius 3 is 2.38 bits per heavy atom. The van der Waals surface area contributed by atoms with E-state index in [-0.39, 0.29) is 11.2 Å². The molecule has 1 nitrogen and oxygen atoms in total. The highest BCUT2D eigenvalue weighted by molar-refractivity contribution is 6.01. The molecule has 1 atom stereocenters. The van der Waals surface area contributed by atoms with Gasteiger partial charge in [-0.25, -0.2) is 0 Å². The number of allylic oxidation sites excluding steroid dienone is 5. The number of carbonyl (C=O) groups is 1. The molecule has 0 radical (unpaired) electrons. The Morgan fingerprint density at radius 1 is 1.38 bits per heavy atom. The fourth-order valence-corrected chi connectivity index (χ4v) is 3.24. The van der Waals surface area contributed by atoms with Crippen LogP contribution in [0.1, 0.15) is 40.0 Å². The Balaban J connectivity index is 2.33. The van der Waals surface area contributed by atoms with Crippen molar-refractivity contribution in [2.24, 2.45) is 11.3 Å². The van der Waals surface area contributed by atoms with Crippen molar-refractivity contribution < 1.29 is 4.79 Å². The molecule has 1 heteroatoms. The van der Waals surface area contributed by atoms with Gasteiger partial charge in [0.25, 0.3) is 0 Å². The normalized spacial score (nSPS) is 27.9. The highest BCUT2D eigenvalue weighted by Gasteiger charge is 2.43. The van der Waals surface area contributed by atoms with Crippen LogP contribution in [-0.4, -0.2) is 5.78 Å². The number of carbonyl (C=O) groups excluding carboxylic acids is 1. The molecule has 0 heterocycles. The van der Waals surface area contributed by atoms with Crippen LogP contribution in [0, 0.1) is 11.3 Å². The van der Waals surface area contributed by atoms with E-state index in [4.69, 9.17) is 0 Å². The van der Waals surface area contributed by atoms with Gasteiger partial charge in [-0.3, -0.25) is 4.79 Å². The average Bonchev–Trinajstić information content (AvgIpc) is 2.60. The number of hydrogen-bond acceptors (Lipinski definition) is 1. The minimum absolute atomic E-state index is 0.152. The Hall–Kier alpha value is -1.11. The molecule has 2 aliphatic carbocycles. The lowest BCUT2D eigenvalue weighted by atomic mass is 9.69. The second-order valence-corrected chi connectivity index (χ2v) is 5.43. The summed E-state index contributed by atoms with van der Waals surface area (Å²) >= 11 is 0. The van der Waals surface area contributed by atoms with Crippen molar-refractivity contribution >= 4 is 5.78 Å². The van der Waals surface area contributed by atoms with E-state index >= 15 is 0 Å². The zero-order valence-electron chi connectivity index (χ0n) is 10.5. The Morgan fingerprint density at radius 2 is 1.94 bits per heavy atom. The maximum atomic E-state index is 11.5. The molecular weight excluding hydrogens is 196 g/mol. The van der Waals surface area contributed by atoms with Crippen molar-refractivity contribution in [3.8, 4) is 0 Å². The van der Waals surface area contributed by atoms with Crippen LogP contribution in [0.15, 0.2) is 35.5 Å². The third kappa shape index (κ3) is 1.59. The average molecular weight is 216 g/mol. The number of ketones is 1. The van der Waals surface area contributed by atoms with E-state index in [9.17, 15) is 4.79 Å². The molecule has 0 bridgehead atoms. The predicted octanol–water partition coefficient (Wildman–Crippen LogP) is 3.82. The number of hydrogen-bond donors (Lipinski definition) is 0. The van der Waals surface area contributed by atoms with Crippen molar-refractivity contribution in [1.29, 1.82) is 0 Å². The lowest BCUT2D eigenvalue weighted by Gasteiger charge is -2.34. The molecule has 1 fully saturated rings. The molecule has 2 aliphatic rings. The van der Waals surface area contributed by atoms with Crippen LogP contribution in [0.25, 0.3) is 0 Å². The first-order chi connectivity index (χ1) is 7.45. The van der Waals surface area contributed by atoms with Crippen molar-refractivity contribution in [3.05, 3.63) is 35.5 Å². The van der Waals surface area contributed by atoms with Crippen molar-refractivity contribution in [2.75, 3.05) is 0 Å². The molecule has 0 aliphatic heterocycles. The summed E-state index contributed by atoms with van der Waals surface area (Å²) in [6.45, 7) is 10.4. The monoisotopic (exact) mass is 216 g/mol. The molecule has 2 rings (SSSR count). The second kappa shape index (κ2) is 3.73. The zero-order valence-corrected chi connectivity index (χ0v) is 10.5. The lowest BCUT2D eigenvalue weighted by molar-refractivity contribution is -0.110. The lowest BCUT2D eigenvalue weighted by Crippen LogP contribution is -2.24. The van der Waals surface area contributed by atoms with Crippen LogP contribution in [0.3, 0.4) is 0 Å². The molecule has 0 aromatic rings. The summed E-state index contributed by atoms with van der Waals surface area (Å²) < 4.78 is 0. The van der Waals surface area contributed by atoms with Gasteiger partial charge in [-0.1, -0.05) is 23.3 Å². The molecule has 1 unspecified atom stereocenters. The molecule has 0 aromatic carbocycles. The largest absolute Gasteiger partial charge is 0.290 e. The van der Waals surface area contributed by atoms with Crippen molar-refractivity contribution in [1.82, 2.24) is 0 Å². The summed E-state index contributed by atoms with van der Waals surface area (Å²) in [5.41, 5.74) is 3.95. The van der Waals surface area contributed by atoms with E-state index < -0.39 is 0 Å². The van der Waals surface area contributed by atoms with Gasteiger partial charge in [-0.15, -0.1) is 0 Å². The van der Waals surface area contributed by atoms with Gasteiger partial charge in [0, 0.05) is 5.41 Å². The van der Waals surface area contributed by atoms with E-state index in [0.717, 1.165) is 6.42 Å². The van der Waals surface area contributed by atoms with Crippen LogP contribution >= 0.6 is 0 Å². The van der Waals surface area contributed by atoms with Crippen LogP contribution < -0.4 is 0 Å². The summed E-state index contributed by atoms with van der Waals surface area (Å²) in [6, 6.07) is 0. The van der Waals surface area contributed by atoms with Crippen molar-refractivity contribution in [3.63, 3.8) is 0 Å². The fraction of sp³-hybridized carbons (Fsp3) is 0.533. The van der Waals surface area contributed by atoms with E-state index in [1.165, 1.54) is 29.6 Å². The smallest absolute Gasteiger partial charge is 0.178 e. The van der Waals surface area contributed by atoms with Crippen LogP contribution in [0.4, 0.5) is 0 Å². The van der Waals surface area contributed by atoms with Crippen LogP contribution in [0.5, 0.6) is 0 Å². The van der Waals surface area contributed by atoms with Gasteiger partial charge in [0.15, 0.2) is 5.78 Å². The van der Waals surface area contributed by atoms with Gasteiger partial charge >= 0.3 is 0 Å². The SMILES string of the molecule is C=C(C)C1CCC2(C1)C(C)=CC(=O)C=C2C. The first kappa shape index (κ1) is 11.4. The first-order valence-electron chi connectivity index (χ1n) is 6.02. The van der Waals surface area contributed by atoms with Crippen LogP contribution in [-0.2, 0) is 4.79 Å². The molecule has 0 saturated heterocycles. The summed E-state index contributed by atoms with van der Waals surface area (Å²) in [4.78, 5) is 11.5. The molecule has 1 saturated carbocycles. The Kier molecular flexibility index (Phi) is 2.65. The maximum Gasteiger partial charge on any atom is 0.178 e. The predicted molar refractivity (Wildman–Crippen MR) is 67.1 cm³/mol. The minimum Gasteiger partial charge on any atom is -0.290 e. The zero-order chi connectivity index (χ0) is 11.9. The van der Waals surface area contributed by atoms with Gasteiger partial charge in [-0.2, -0.15) is 0 Å². The highest BCUT2D eigenvalue weighted by Crippen LogP contribution is 2.54. The number of rotatable bonds is 1. The third-order valence-corrected chi connectivity index (χ3v) is 4.44. The van der Waals surface area contributed by atoms with Crippen LogP contribution in [0.2, 0.25) is 0 Å². The van der Waals surface area contributed by atoms with Gasteiger partial charge in [0.2, 0.25) is 0 Å². The third-order valence-electron chi connectivity index (χ3n) is 4.44.